The van der Waals surface area contributed by atoms with Crippen molar-refractivity contribution in [3.63, 3.8) is 0 Å². The molecule has 132 valence electrons. The molecular weight excluding hydrogens is 299 g/mol. The van der Waals surface area contributed by atoms with Gasteiger partial charge >= 0.3 is 0 Å². The van der Waals surface area contributed by atoms with Crippen LogP contribution in [0.1, 0.15) is 57.4 Å². The van der Waals surface area contributed by atoms with E-state index in [1.54, 1.807) is 12.1 Å². The lowest BCUT2D eigenvalue weighted by molar-refractivity contribution is 0.142. The minimum atomic E-state index is -0.0909. The molecule has 1 aliphatic carbocycles. The standard InChI is InChI=1S/C21H31FN2/c1-16-3-2-4-17(6-5-16)14-24-11-9-21(10-12-24)15-23-20-8-7-18(22)13-19(20)21/h7-8,13,16-17,23H,2-6,9-12,14-15H2,1H3. The first-order chi connectivity index (χ1) is 11.6. The van der Waals surface area contributed by atoms with E-state index in [1.165, 1.54) is 70.1 Å². The molecule has 0 radical (unpaired) electrons. The second kappa shape index (κ2) is 6.67. The van der Waals surface area contributed by atoms with Crippen LogP contribution >= 0.6 is 0 Å². The first-order valence-electron chi connectivity index (χ1n) is 9.91. The van der Waals surface area contributed by atoms with Gasteiger partial charge in [-0.15, -0.1) is 0 Å². The van der Waals surface area contributed by atoms with E-state index in [4.69, 9.17) is 0 Å². The van der Waals surface area contributed by atoms with E-state index in [1.807, 2.05) is 6.07 Å². The minimum Gasteiger partial charge on any atom is -0.384 e. The Balaban J connectivity index is 1.37. The van der Waals surface area contributed by atoms with Gasteiger partial charge in [-0.05, 0) is 74.4 Å². The Kier molecular flexibility index (Phi) is 4.55. The lowest BCUT2D eigenvalue weighted by Gasteiger charge is -2.40. The van der Waals surface area contributed by atoms with Gasteiger partial charge < -0.3 is 10.2 Å². The normalized spacial score (nSPS) is 29.9. The van der Waals surface area contributed by atoms with Crippen LogP contribution in [0, 0.1) is 17.7 Å². The Morgan fingerprint density at radius 2 is 2.00 bits per heavy atom. The van der Waals surface area contributed by atoms with E-state index in [0.29, 0.717) is 0 Å². The summed E-state index contributed by atoms with van der Waals surface area (Å²) in [5.74, 6) is 1.73. The largest absolute Gasteiger partial charge is 0.384 e. The summed E-state index contributed by atoms with van der Waals surface area (Å²) >= 11 is 0. The fraction of sp³-hybridized carbons (Fsp3) is 0.714. The molecule has 2 atom stereocenters. The summed E-state index contributed by atoms with van der Waals surface area (Å²) < 4.78 is 13.7. The quantitative estimate of drug-likeness (QED) is 0.784. The topological polar surface area (TPSA) is 15.3 Å². The van der Waals surface area contributed by atoms with Crippen LogP contribution < -0.4 is 5.32 Å². The number of likely N-dealkylation sites (tertiary alicyclic amines) is 1. The van der Waals surface area contributed by atoms with E-state index in [9.17, 15) is 4.39 Å². The number of hydrogen-bond acceptors (Lipinski definition) is 2. The third-order valence-electron chi connectivity index (χ3n) is 6.88. The molecule has 2 fully saturated rings. The van der Waals surface area contributed by atoms with E-state index >= 15 is 0 Å². The van der Waals surface area contributed by atoms with Crippen molar-refractivity contribution in [3.8, 4) is 0 Å². The first kappa shape index (κ1) is 16.4. The zero-order chi connectivity index (χ0) is 16.6. The molecule has 4 rings (SSSR count). The van der Waals surface area contributed by atoms with E-state index in [0.717, 1.165) is 24.1 Å². The molecule has 0 bridgehead atoms. The van der Waals surface area contributed by atoms with Crippen molar-refractivity contribution in [2.24, 2.45) is 11.8 Å². The second-order valence-corrected chi connectivity index (χ2v) is 8.60. The number of nitrogens with one attached hydrogen (secondary N) is 1. The van der Waals surface area contributed by atoms with E-state index < -0.39 is 0 Å². The van der Waals surface area contributed by atoms with Crippen LogP contribution in [0.4, 0.5) is 10.1 Å². The fourth-order valence-electron chi connectivity index (χ4n) is 5.19. The third kappa shape index (κ3) is 3.20. The summed E-state index contributed by atoms with van der Waals surface area (Å²) in [6.45, 7) is 7.02. The maximum absolute atomic E-state index is 13.7. The molecule has 2 nitrogen and oxygen atoms in total. The molecule has 1 N–H and O–H groups in total. The highest BCUT2D eigenvalue weighted by atomic mass is 19.1. The summed E-state index contributed by atoms with van der Waals surface area (Å²) in [6, 6.07) is 5.27. The Hall–Kier alpha value is -1.09. The average Bonchev–Trinajstić information content (AvgIpc) is 2.78. The number of anilines is 1. The van der Waals surface area contributed by atoms with E-state index in [-0.39, 0.29) is 11.2 Å². The van der Waals surface area contributed by atoms with Gasteiger partial charge in [-0.3, -0.25) is 0 Å². The van der Waals surface area contributed by atoms with E-state index in [2.05, 4.69) is 17.1 Å². The summed E-state index contributed by atoms with van der Waals surface area (Å²) in [4.78, 5) is 2.68. The Labute approximate surface area is 145 Å². The maximum atomic E-state index is 13.7. The van der Waals surface area contributed by atoms with Crippen molar-refractivity contribution >= 4 is 5.69 Å². The highest BCUT2D eigenvalue weighted by molar-refractivity contribution is 5.60. The monoisotopic (exact) mass is 330 g/mol. The van der Waals surface area contributed by atoms with Gasteiger partial charge in [-0.1, -0.05) is 26.2 Å². The molecule has 1 saturated heterocycles. The molecule has 3 aliphatic rings. The zero-order valence-electron chi connectivity index (χ0n) is 15.0. The third-order valence-corrected chi connectivity index (χ3v) is 6.88. The van der Waals surface area contributed by atoms with Gasteiger partial charge in [0, 0.05) is 24.2 Å². The number of hydrogen-bond donors (Lipinski definition) is 1. The summed E-state index contributed by atoms with van der Waals surface area (Å²) in [6.07, 6.45) is 9.42. The maximum Gasteiger partial charge on any atom is 0.123 e. The first-order valence-corrected chi connectivity index (χ1v) is 9.91. The number of halogens is 1. The summed E-state index contributed by atoms with van der Waals surface area (Å²) in [5.41, 5.74) is 2.55. The molecule has 1 spiro atoms. The molecule has 0 aromatic heterocycles. The number of benzene rings is 1. The molecule has 0 amide bonds. The van der Waals surface area contributed by atoms with Gasteiger partial charge in [0.25, 0.3) is 0 Å². The SMILES string of the molecule is CC1CCCC(CN2CCC3(CC2)CNc2ccc(F)cc23)CC1. The number of rotatable bonds is 2. The van der Waals surface area contributed by atoms with Gasteiger partial charge in [0.1, 0.15) is 5.82 Å². The van der Waals surface area contributed by atoms with Crippen LogP contribution in [0.3, 0.4) is 0 Å². The average molecular weight is 330 g/mol. The molecular formula is C21H31FN2. The van der Waals surface area contributed by atoms with Crippen LogP contribution in [0.15, 0.2) is 18.2 Å². The molecule has 1 aromatic carbocycles. The Bertz CT molecular complexity index is 577. The van der Waals surface area contributed by atoms with Crippen LogP contribution in [0.25, 0.3) is 0 Å². The molecule has 2 unspecified atom stereocenters. The van der Waals surface area contributed by atoms with Gasteiger partial charge in [-0.25, -0.2) is 4.39 Å². The zero-order valence-corrected chi connectivity index (χ0v) is 15.0. The lowest BCUT2D eigenvalue weighted by atomic mass is 9.74. The van der Waals surface area contributed by atoms with Crippen LogP contribution in [-0.4, -0.2) is 31.1 Å². The molecule has 2 aliphatic heterocycles. The van der Waals surface area contributed by atoms with Crippen LogP contribution in [0.5, 0.6) is 0 Å². The molecule has 24 heavy (non-hydrogen) atoms. The number of fused-ring (bicyclic) bond motifs is 2. The number of piperidine rings is 1. The molecule has 2 heterocycles. The van der Waals surface area contributed by atoms with Gasteiger partial charge in [0.2, 0.25) is 0 Å². The van der Waals surface area contributed by atoms with Crippen molar-refractivity contribution in [2.45, 2.75) is 57.3 Å². The van der Waals surface area contributed by atoms with Gasteiger partial charge in [0.05, 0.1) is 0 Å². The Morgan fingerprint density at radius 1 is 1.17 bits per heavy atom. The molecule has 1 saturated carbocycles. The predicted octanol–water partition coefficient (Wildman–Crippen LogP) is 4.80. The molecule has 3 heteroatoms. The minimum absolute atomic E-state index is 0.0909. The fourth-order valence-corrected chi connectivity index (χ4v) is 5.19. The number of nitrogens with zero attached hydrogens (tertiary/aromatic N) is 1. The van der Waals surface area contributed by atoms with Gasteiger partial charge in [-0.2, -0.15) is 0 Å². The van der Waals surface area contributed by atoms with Crippen molar-refractivity contribution in [1.29, 1.82) is 0 Å². The van der Waals surface area contributed by atoms with Crippen LogP contribution in [-0.2, 0) is 5.41 Å². The van der Waals surface area contributed by atoms with Crippen molar-refractivity contribution in [2.75, 3.05) is 31.5 Å². The van der Waals surface area contributed by atoms with Crippen molar-refractivity contribution in [3.05, 3.63) is 29.6 Å². The van der Waals surface area contributed by atoms with Crippen molar-refractivity contribution in [1.82, 2.24) is 4.90 Å². The second-order valence-electron chi connectivity index (χ2n) is 8.60. The summed E-state index contributed by atoms with van der Waals surface area (Å²) in [5, 5.41) is 3.51. The lowest BCUT2D eigenvalue weighted by Crippen LogP contribution is -2.45. The highest BCUT2D eigenvalue weighted by Gasteiger charge is 2.41. The smallest absolute Gasteiger partial charge is 0.123 e. The van der Waals surface area contributed by atoms with Crippen LogP contribution in [0.2, 0.25) is 0 Å². The van der Waals surface area contributed by atoms with Crippen molar-refractivity contribution < 1.29 is 4.39 Å². The Morgan fingerprint density at radius 3 is 2.83 bits per heavy atom. The summed E-state index contributed by atoms with van der Waals surface area (Å²) in [7, 11) is 0. The molecule has 1 aromatic rings. The predicted molar refractivity (Wildman–Crippen MR) is 98.0 cm³/mol. The highest BCUT2D eigenvalue weighted by Crippen LogP contribution is 2.44. The van der Waals surface area contributed by atoms with Gasteiger partial charge in [0.15, 0.2) is 0 Å².